The highest BCUT2D eigenvalue weighted by Crippen LogP contribution is 2.29. The number of piperazine rings is 1. The second kappa shape index (κ2) is 7.57. The van der Waals surface area contributed by atoms with Crippen molar-refractivity contribution in [2.45, 2.75) is 19.9 Å². The van der Waals surface area contributed by atoms with Gasteiger partial charge in [0.2, 0.25) is 0 Å². The molecule has 26 heavy (non-hydrogen) atoms. The van der Waals surface area contributed by atoms with E-state index in [0.717, 1.165) is 48.1 Å². The Kier molecular flexibility index (Phi) is 5.41. The van der Waals surface area contributed by atoms with E-state index in [4.69, 9.17) is 4.52 Å². The number of likely N-dealkylation sites (N-methyl/N-ethyl adjacent to an activating group) is 1. The van der Waals surface area contributed by atoms with Gasteiger partial charge in [0.1, 0.15) is 0 Å². The summed E-state index contributed by atoms with van der Waals surface area (Å²) in [5.74, 6) is 1.25. The Hall–Kier alpha value is -2.22. The van der Waals surface area contributed by atoms with E-state index in [1.807, 2.05) is 48.9 Å². The van der Waals surface area contributed by atoms with Gasteiger partial charge in [0, 0.05) is 19.6 Å². The highest BCUT2D eigenvalue weighted by Gasteiger charge is 2.27. The van der Waals surface area contributed by atoms with Crippen molar-refractivity contribution in [3.05, 3.63) is 47.5 Å². The third kappa shape index (κ3) is 3.25. The van der Waals surface area contributed by atoms with E-state index in [0.29, 0.717) is 5.89 Å². The Morgan fingerprint density at radius 2 is 1.96 bits per heavy atom. The minimum Gasteiger partial charge on any atom is -0.334 e. The van der Waals surface area contributed by atoms with E-state index >= 15 is 0 Å². The van der Waals surface area contributed by atoms with Crippen LogP contribution in [0.25, 0.3) is 17.1 Å². The van der Waals surface area contributed by atoms with Gasteiger partial charge in [-0.25, -0.2) is 4.68 Å². The van der Waals surface area contributed by atoms with Gasteiger partial charge in [-0.3, -0.25) is 4.90 Å². The van der Waals surface area contributed by atoms with Crippen LogP contribution in [0.3, 0.4) is 0 Å². The van der Waals surface area contributed by atoms with Gasteiger partial charge < -0.3 is 9.84 Å². The minimum absolute atomic E-state index is 0. The molecule has 1 saturated heterocycles. The number of hydrogen-bond acceptors (Lipinski definition) is 6. The molecule has 7 nitrogen and oxygen atoms in total. The predicted octanol–water partition coefficient (Wildman–Crippen LogP) is 2.54. The van der Waals surface area contributed by atoms with Gasteiger partial charge in [0.15, 0.2) is 5.82 Å². The summed E-state index contributed by atoms with van der Waals surface area (Å²) >= 11 is 0. The van der Waals surface area contributed by atoms with Crippen molar-refractivity contribution in [2.75, 3.05) is 26.7 Å². The third-order valence-corrected chi connectivity index (χ3v) is 4.76. The molecule has 0 aliphatic carbocycles. The summed E-state index contributed by atoms with van der Waals surface area (Å²) in [4.78, 5) is 6.92. The van der Waals surface area contributed by atoms with E-state index in [-0.39, 0.29) is 18.4 Å². The molecule has 1 atom stereocenters. The monoisotopic (exact) mass is 374 g/mol. The third-order valence-electron chi connectivity index (χ3n) is 4.76. The average Bonchev–Trinajstić information content (AvgIpc) is 3.20. The quantitative estimate of drug-likeness (QED) is 0.759. The predicted molar refractivity (Wildman–Crippen MR) is 102 cm³/mol. The first-order chi connectivity index (χ1) is 12.1. The lowest BCUT2D eigenvalue weighted by Gasteiger charge is -2.30. The summed E-state index contributed by atoms with van der Waals surface area (Å²) in [7, 11) is 2.09. The number of nitrogens with one attached hydrogen (secondary N) is 1. The van der Waals surface area contributed by atoms with Crippen molar-refractivity contribution in [3.63, 3.8) is 0 Å². The van der Waals surface area contributed by atoms with Gasteiger partial charge in [-0.15, -0.1) is 12.4 Å². The highest BCUT2D eigenvalue weighted by molar-refractivity contribution is 5.85. The molecule has 0 bridgehead atoms. The lowest BCUT2D eigenvalue weighted by atomic mass is 10.2. The van der Waals surface area contributed by atoms with Crippen LogP contribution >= 0.6 is 12.4 Å². The number of nitrogens with zero attached hydrogens (tertiary/aromatic N) is 5. The molecule has 1 aliphatic heterocycles. The Morgan fingerprint density at radius 1 is 1.19 bits per heavy atom. The number of benzene rings is 1. The summed E-state index contributed by atoms with van der Waals surface area (Å²) < 4.78 is 7.51. The molecule has 1 N–H and O–H groups in total. The molecule has 0 saturated carbocycles. The van der Waals surface area contributed by atoms with Crippen LogP contribution in [0.1, 0.15) is 23.3 Å². The normalized spacial score (nSPS) is 17.9. The van der Waals surface area contributed by atoms with Gasteiger partial charge in [-0.05, 0) is 33.0 Å². The number of aromatic nitrogens is 4. The van der Waals surface area contributed by atoms with E-state index in [1.165, 1.54) is 0 Å². The van der Waals surface area contributed by atoms with Crippen LogP contribution in [0.4, 0.5) is 0 Å². The Labute approximate surface area is 158 Å². The number of halogens is 1. The van der Waals surface area contributed by atoms with Crippen LogP contribution in [0.15, 0.2) is 34.9 Å². The molecule has 0 amide bonds. The topological polar surface area (TPSA) is 72.0 Å². The molecule has 1 aromatic carbocycles. The summed E-state index contributed by atoms with van der Waals surface area (Å²) in [6.07, 6.45) is 0. The van der Waals surface area contributed by atoms with Gasteiger partial charge in [0.05, 0.1) is 28.7 Å². The molecule has 3 heterocycles. The zero-order valence-corrected chi connectivity index (χ0v) is 16.0. The van der Waals surface area contributed by atoms with Gasteiger partial charge in [-0.1, -0.05) is 23.4 Å². The molecule has 138 valence electrons. The molecule has 1 fully saturated rings. The van der Waals surface area contributed by atoms with E-state index in [1.54, 1.807) is 0 Å². The van der Waals surface area contributed by atoms with E-state index in [2.05, 4.69) is 32.5 Å². The van der Waals surface area contributed by atoms with Gasteiger partial charge in [-0.2, -0.15) is 10.1 Å². The van der Waals surface area contributed by atoms with Crippen molar-refractivity contribution < 1.29 is 4.52 Å². The standard InChI is InChI=1S/C18H22N6O.ClH/c1-12-16(13(2)24(21-12)14-7-5-4-6-8-14)18-20-17(22-25-18)15-11-19-9-10-23(15)3;/h4-8,15,19H,9-11H2,1-3H3;1H. The second-order valence-electron chi connectivity index (χ2n) is 6.45. The summed E-state index contributed by atoms with van der Waals surface area (Å²) in [5, 5.41) is 12.3. The lowest BCUT2D eigenvalue weighted by molar-refractivity contribution is 0.190. The smallest absolute Gasteiger partial charge is 0.261 e. The molecule has 0 spiro atoms. The molecule has 4 rings (SSSR count). The maximum Gasteiger partial charge on any atom is 0.261 e. The van der Waals surface area contributed by atoms with Crippen molar-refractivity contribution in [3.8, 4) is 17.1 Å². The maximum absolute atomic E-state index is 5.59. The van der Waals surface area contributed by atoms with Crippen molar-refractivity contribution >= 4 is 12.4 Å². The van der Waals surface area contributed by atoms with Crippen molar-refractivity contribution in [1.29, 1.82) is 0 Å². The van der Waals surface area contributed by atoms with Crippen LogP contribution < -0.4 is 5.32 Å². The first kappa shape index (κ1) is 18.6. The molecule has 0 radical (unpaired) electrons. The van der Waals surface area contributed by atoms with Crippen LogP contribution in [-0.4, -0.2) is 51.5 Å². The van der Waals surface area contributed by atoms with Crippen LogP contribution in [0.5, 0.6) is 0 Å². The fraction of sp³-hybridized carbons (Fsp3) is 0.389. The van der Waals surface area contributed by atoms with E-state index < -0.39 is 0 Å². The summed E-state index contributed by atoms with van der Waals surface area (Å²) in [5.41, 5.74) is 3.81. The minimum atomic E-state index is 0. The Morgan fingerprint density at radius 3 is 2.69 bits per heavy atom. The SMILES string of the molecule is Cc1nn(-c2ccccc2)c(C)c1-c1nc(C2CNCCN2C)no1.Cl. The van der Waals surface area contributed by atoms with Crippen molar-refractivity contribution in [2.24, 2.45) is 0 Å². The highest BCUT2D eigenvalue weighted by atomic mass is 35.5. The fourth-order valence-electron chi connectivity index (χ4n) is 3.34. The summed E-state index contributed by atoms with van der Waals surface area (Å²) in [6.45, 7) is 6.79. The van der Waals surface area contributed by atoms with Crippen LogP contribution in [0.2, 0.25) is 0 Å². The lowest BCUT2D eigenvalue weighted by Crippen LogP contribution is -2.44. The van der Waals surface area contributed by atoms with Gasteiger partial charge in [0.25, 0.3) is 5.89 Å². The van der Waals surface area contributed by atoms with Crippen LogP contribution in [-0.2, 0) is 0 Å². The largest absolute Gasteiger partial charge is 0.334 e. The Balaban J connectivity index is 0.00000196. The first-order valence-corrected chi connectivity index (χ1v) is 8.51. The molecule has 1 unspecified atom stereocenters. The average molecular weight is 375 g/mol. The first-order valence-electron chi connectivity index (χ1n) is 8.51. The Bertz CT molecular complexity index is 875. The molecular formula is C18H23ClN6O. The zero-order valence-electron chi connectivity index (χ0n) is 15.1. The molecule has 3 aromatic rings. The van der Waals surface area contributed by atoms with Crippen molar-refractivity contribution in [1.82, 2.24) is 30.1 Å². The van der Waals surface area contributed by atoms with Crippen LogP contribution in [0, 0.1) is 13.8 Å². The maximum atomic E-state index is 5.59. The molecule has 8 heteroatoms. The fourth-order valence-corrected chi connectivity index (χ4v) is 3.34. The molecular weight excluding hydrogens is 352 g/mol. The second-order valence-corrected chi connectivity index (χ2v) is 6.45. The number of rotatable bonds is 3. The summed E-state index contributed by atoms with van der Waals surface area (Å²) in [6, 6.07) is 10.2. The van der Waals surface area contributed by atoms with Gasteiger partial charge >= 0.3 is 0 Å². The van der Waals surface area contributed by atoms with E-state index in [9.17, 15) is 0 Å². The number of hydrogen-bond donors (Lipinski definition) is 1. The number of para-hydroxylation sites is 1. The number of aryl methyl sites for hydroxylation is 1. The molecule has 1 aliphatic rings. The molecule has 2 aromatic heterocycles. The zero-order chi connectivity index (χ0) is 17.4.